The lowest BCUT2D eigenvalue weighted by atomic mass is 10.2. The number of benzene rings is 2. The predicted octanol–water partition coefficient (Wildman–Crippen LogP) is 3.98. The SMILES string of the molecule is O=C(NCCCCOc1ccc(F)cc1)c1cc([N+](=O)[O-])ccc1Cl. The second-order valence-corrected chi connectivity index (χ2v) is 5.59. The van der Waals surface area contributed by atoms with Gasteiger partial charge in [-0.15, -0.1) is 0 Å². The second-order valence-electron chi connectivity index (χ2n) is 5.19. The summed E-state index contributed by atoms with van der Waals surface area (Å²) in [6.07, 6.45) is 1.33. The van der Waals surface area contributed by atoms with Crippen LogP contribution in [0.25, 0.3) is 0 Å². The molecule has 0 heterocycles. The van der Waals surface area contributed by atoms with Crippen molar-refractivity contribution in [1.82, 2.24) is 5.32 Å². The fourth-order valence-corrected chi connectivity index (χ4v) is 2.25. The monoisotopic (exact) mass is 366 g/mol. The summed E-state index contributed by atoms with van der Waals surface area (Å²) in [4.78, 5) is 22.2. The first kappa shape index (κ1) is 18.7. The number of unbranched alkanes of at least 4 members (excludes halogenated alkanes) is 1. The number of hydrogen-bond donors (Lipinski definition) is 1. The van der Waals surface area contributed by atoms with E-state index in [1.54, 1.807) is 12.1 Å². The van der Waals surface area contributed by atoms with Gasteiger partial charge in [0.25, 0.3) is 11.6 Å². The molecule has 0 bridgehead atoms. The number of rotatable bonds is 8. The van der Waals surface area contributed by atoms with Crippen molar-refractivity contribution in [3.8, 4) is 5.75 Å². The van der Waals surface area contributed by atoms with E-state index < -0.39 is 10.8 Å². The van der Waals surface area contributed by atoms with E-state index >= 15 is 0 Å². The third-order valence-electron chi connectivity index (χ3n) is 3.34. The molecule has 6 nitrogen and oxygen atoms in total. The van der Waals surface area contributed by atoms with Gasteiger partial charge >= 0.3 is 0 Å². The van der Waals surface area contributed by atoms with Crippen LogP contribution in [0, 0.1) is 15.9 Å². The molecule has 2 rings (SSSR count). The Hall–Kier alpha value is -2.67. The van der Waals surface area contributed by atoms with Gasteiger partial charge in [-0.2, -0.15) is 0 Å². The largest absolute Gasteiger partial charge is 0.494 e. The van der Waals surface area contributed by atoms with Gasteiger partial charge in [0.05, 0.1) is 22.1 Å². The van der Waals surface area contributed by atoms with E-state index in [1.165, 1.54) is 24.3 Å². The van der Waals surface area contributed by atoms with Crippen LogP contribution in [0.2, 0.25) is 5.02 Å². The molecule has 0 fully saturated rings. The molecule has 1 amide bonds. The van der Waals surface area contributed by atoms with E-state index in [4.69, 9.17) is 16.3 Å². The molecular formula is C17H16ClFN2O4. The Morgan fingerprint density at radius 1 is 1.20 bits per heavy atom. The molecule has 0 atom stereocenters. The molecule has 132 valence electrons. The van der Waals surface area contributed by atoms with Gasteiger partial charge in [0.1, 0.15) is 11.6 Å². The van der Waals surface area contributed by atoms with Crippen LogP contribution < -0.4 is 10.1 Å². The molecule has 0 aliphatic carbocycles. The lowest BCUT2D eigenvalue weighted by Gasteiger charge is -2.08. The van der Waals surface area contributed by atoms with Crippen LogP contribution >= 0.6 is 11.6 Å². The highest BCUT2D eigenvalue weighted by molar-refractivity contribution is 6.33. The van der Waals surface area contributed by atoms with Crippen molar-refractivity contribution in [3.05, 3.63) is 69.0 Å². The molecule has 0 radical (unpaired) electrons. The number of halogens is 2. The van der Waals surface area contributed by atoms with Crippen LogP contribution in [0.4, 0.5) is 10.1 Å². The maximum Gasteiger partial charge on any atom is 0.270 e. The molecule has 0 saturated carbocycles. The highest BCUT2D eigenvalue weighted by Gasteiger charge is 2.15. The summed E-state index contributed by atoms with van der Waals surface area (Å²) in [5, 5.41) is 13.6. The quantitative estimate of drug-likeness (QED) is 0.435. The Morgan fingerprint density at radius 3 is 2.60 bits per heavy atom. The van der Waals surface area contributed by atoms with Gasteiger partial charge in [-0.05, 0) is 43.2 Å². The van der Waals surface area contributed by atoms with Crippen molar-refractivity contribution in [2.24, 2.45) is 0 Å². The summed E-state index contributed by atoms with van der Waals surface area (Å²) in [5.41, 5.74) is -0.124. The van der Waals surface area contributed by atoms with Crippen LogP contribution in [-0.4, -0.2) is 24.0 Å². The molecule has 0 aliphatic heterocycles. The Kier molecular flexibility index (Phi) is 6.71. The third kappa shape index (κ3) is 5.72. The summed E-state index contributed by atoms with van der Waals surface area (Å²) in [5.74, 6) is -0.211. The molecule has 0 unspecified atom stereocenters. The zero-order valence-electron chi connectivity index (χ0n) is 13.2. The lowest BCUT2D eigenvalue weighted by molar-refractivity contribution is -0.384. The molecule has 0 aliphatic rings. The van der Waals surface area contributed by atoms with Crippen molar-refractivity contribution in [1.29, 1.82) is 0 Å². The third-order valence-corrected chi connectivity index (χ3v) is 3.67. The number of nitro groups is 1. The molecular weight excluding hydrogens is 351 g/mol. The summed E-state index contributed by atoms with van der Waals surface area (Å²) in [6.45, 7) is 0.809. The topological polar surface area (TPSA) is 81.5 Å². The Balaban J connectivity index is 1.72. The lowest BCUT2D eigenvalue weighted by Crippen LogP contribution is -2.25. The van der Waals surface area contributed by atoms with E-state index in [0.717, 1.165) is 6.07 Å². The number of nitro benzene ring substituents is 1. The number of nitrogens with one attached hydrogen (secondary N) is 1. The van der Waals surface area contributed by atoms with Crippen LogP contribution in [0.5, 0.6) is 5.75 Å². The zero-order chi connectivity index (χ0) is 18.2. The van der Waals surface area contributed by atoms with Crippen LogP contribution in [0.1, 0.15) is 23.2 Å². The highest BCUT2D eigenvalue weighted by atomic mass is 35.5. The minimum Gasteiger partial charge on any atom is -0.494 e. The number of carbonyl (C=O) groups is 1. The number of hydrogen-bond acceptors (Lipinski definition) is 4. The van der Waals surface area contributed by atoms with Crippen LogP contribution in [0.3, 0.4) is 0 Å². The maximum absolute atomic E-state index is 12.7. The first-order valence-electron chi connectivity index (χ1n) is 7.58. The van der Waals surface area contributed by atoms with E-state index in [0.29, 0.717) is 31.7 Å². The maximum atomic E-state index is 12.7. The minimum absolute atomic E-state index is 0.0680. The second kappa shape index (κ2) is 8.98. The number of carbonyl (C=O) groups excluding carboxylic acids is 1. The van der Waals surface area contributed by atoms with Crippen molar-refractivity contribution < 1.29 is 18.8 Å². The first-order chi connectivity index (χ1) is 12.0. The fraction of sp³-hybridized carbons (Fsp3) is 0.235. The van der Waals surface area contributed by atoms with E-state index in [2.05, 4.69) is 5.32 Å². The molecule has 2 aromatic rings. The van der Waals surface area contributed by atoms with Crippen molar-refractivity contribution in [2.75, 3.05) is 13.2 Å². The molecule has 0 spiro atoms. The number of ether oxygens (including phenoxy) is 1. The minimum atomic E-state index is -0.583. The fourth-order valence-electron chi connectivity index (χ4n) is 2.05. The van der Waals surface area contributed by atoms with Gasteiger partial charge < -0.3 is 10.1 Å². The smallest absolute Gasteiger partial charge is 0.270 e. The van der Waals surface area contributed by atoms with Gasteiger partial charge in [0.2, 0.25) is 0 Å². The molecule has 2 aromatic carbocycles. The predicted molar refractivity (Wildman–Crippen MR) is 91.6 cm³/mol. The summed E-state index contributed by atoms with van der Waals surface area (Å²) < 4.78 is 18.2. The molecule has 0 aromatic heterocycles. The normalized spacial score (nSPS) is 10.3. The number of non-ortho nitro benzene ring substituents is 1. The van der Waals surface area contributed by atoms with E-state index in [9.17, 15) is 19.3 Å². The van der Waals surface area contributed by atoms with Crippen LogP contribution in [0.15, 0.2) is 42.5 Å². The van der Waals surface area contributed by atoms with Gasteiger partial charge in [-0.3, -0.25) is 14.9 Å². The summed E-state index contributed by atoms with van der Waals surface area (Å²) >= 11 is 5.91. The Bertz CT molecular complexity index is 753. The van der Waals surface area contributed by atoms with Crippen LogP contribution in [-0.2, 0) is 0 Å². The highest BCUT2D eigenvalue weighted by Crippen LogP contribution is 2.21. The standard InChI is InChI=1S/C17H16ClFN2O4/c18-16-8-5-13(21(23)24)11-15(16)17(22)20-9-1-2-10-25-14-6-3-12(19)4-7-14/h3-8,11H,1-2,9-10H2,(H,20,22). The van der Waals surface area contributed by atoms with Crippen molar-refractivity contribution in [2.45, 2.75) is 12.8 Å². The average Bonchev–Trinajstić information content (AvgIpc) is 2.59. The summed E-state index contributed by atoms with van der Waals surface area (Å²) in [6, 6.07) is 9.44. The number of amides is 1. The average molecular weight is 367 g/mol. The van der Waals surface area contributed by atoms with Gasteiger partial charge in [0, 0.05) is 18.7 Å². The molecule has 8 heteroatoms. The molecule has 25 heavy (non-hydrogen) atoms. The molecule has 0 saturated heterocycles. The van der Waals surface area contributed by atoms with Gasteiger partial charge in [0.15, 0.2) is 0 Å². The zero-order valence-corrected chi connectivity index (χ0v) is 14.0. The van der Waals surface area contributed by atoms with Crippen molar-refractivity contribution in [3.63, 3.8) is 0 Å². The Labute approximate surface area is 148 Å². The van der Waals surface area contributed by atoms with Crippen molar-refractivity contribution >= 4 is 23.2 Å². The van der Waals surface area contributed by atoms with E-state index in [1.807, 2.05) is 0 Å². The molecule has 1 N–H and O–H groups in total. The number of nitrogens with zero attached hydrogens (tertiary/aromatic N) is 1. The van der Waals surface area contributed by atoms with Gasteiger partial charge in [-0.25, -0.2) is 4.39 Å². The van der Waals surface area contributed by atoms with Gasteiger partial charge in [-0.1, -0.05) is 11.6 Å². The summed E-state index contributed by atoms with van der Waals surface area (Å²) in [7, 11) is 0. The Morgan fingerprint density at radius 2 is 1.92 bits per heavy atom. The van der Waals surface area contributed by atoms with E-state index in [-0.39, 0.29) is 22.1 Å². The first-order valence-corrected chi connectivity index (χ1v) is 7.95.